The highest BCUT2D eigenvalue weighted by atomic mass is 16.7. The van der Waals surface area contributed by atoms with E-state index in [1.807, 2.05) is 20.8 Å². The van der Waals surface area contributed by atoms with Crippen LogP contribution in [0, 0.1) is 29.1 Å². The predicted octanol–water partition coefficient (Wildman–Crippen LogP) is 3.18. The van der Waals surface area contributed by atoms with Crippen LogP contribution >= 0.6 is 0 Å². The number of ether oxygens (including phenoxy) is 7. The quantitative estimate of drug-likeness (QED) is 0.144. The van der Waals surface area contributed by atoms with Crippen molar-refractivity contribution < 1.29 is 62.9 Å². The molecule has 0 radical (unpaired) electrons. The van der Waals surface area contributed by atoms with Crippen molar-refractivity contribution >= 4 is 17.9 Å². The van der Waals surface area contributed by atoms with Crippen molar-refractivity contribution in [3.8, 4) is 0 Å². The SMILES string of the molecule is C=CC(C)(C)OCC1OC(OC2C3=C(C(C)COC(C)=O)CC(OC(C)=O)C3(C)C=C3C(COC)CCC3C(C)C2O)C(O)C(OC(C)=O)C1O. The first-order valence-electron chi connectivity index (χ1n) is 17.9. The van der Waals surface area contributed by atoms with Crippen molar-refractivity contribution in [2.45, 2.75) is 129 Å². The van der Waals surface area contributed by atoms with E-state index in [1.165, 1.54) is 20.8 Å². The van der Waals surface area contributed by atoms with E-state index in [-0.39, 0.29) is 43.3 Å². The van der Waals surface area contributed by atoms with Gasteiger partial charge in [-0.2, -0.15) is 0 Å². The Balaban J connectivity index is 1.88. The van der Waals surface area contributed by atoms with Gasteiger partial charge in [0.1, 0.15) is 30.5 Å². The molecule has 1 saturated heterocycles. The minimum absolute atomic E-state index is 0.0304. The topological polar surface area (TPSA) is 177 Å². The molecule has 4 rings (SSSR count). The van der Waals surface area contributed by atoms with Crippen LogP contribution in [0.4, 0.5) is 0 Å². The first-order valence-corrected chi connectivity index (χ1v) is 17.9. The third-order valence-corrected chi connectivity index (χ3v) is 11.1. The maximum absolute atomic E-state index is 12.6. The van der Waals surface area contributed by atoms with E-state index >= 15 is 0 Å². The Morgan fingerprint density at radius 2 is 1.71 bits per heavy atom. The number of rotatable bonds is 13. The second kappa shape index (κ2) is 16.6. The van der Waals surface area contributed by atoms with Crippen LogP contribution in [0.1, 0.15) is 74.7 Å². The second-order valence-electron chi connectivity index (χ2n) is 15.3. The molecule has 13 heteroatoms. The Kier molecular flexibility index (Phi) is 13.4. The normalized spacial score (nSPS) is 37.3. The van der Waals surface area contributed by atoms with E-state index in [0.717, 1.165) is 24.0 Å². The zero-order chi connectivity index (χ0) is 38.0. The summed E-state index contributed by atoms with van der Waals surface area (Å²) in [5.41, 5.74) is 0.702. The molecule has 3 N–H and O–H groups in total. The molecule has 0 amide bonds. The van der Waals surface area contributed by atoms with Gasteiger partial charge >= 0.3 is 17.9 Å². The highest BCUT2D eigenvalue weighted by Crippen LogP contribution is 2.56. The monoisotopic (exact) mass is 722 g/mol. The Labute approximate surface area is 301 Å². The van der Waals surface area contributed by atoms with Crippen molar-refractivity contribution in [1.29, 1.82) is 0 Å². The van der Waals surface area contributed by atoms with Crippen molar-refractivity contribution in [3.63, 3.8) is 0 Å². The summed E-state index contributed by atoms with van der Waals surface area (Å²) in [6, 6.07) is 0. The van der Waals surface area contributed by atoms with Crippen LogP contribution in [0.3, 0.4) is 0 Å². The van der Waals surface area contributed by atoms with Gasteiger partial charge in [0.05, 0.1) is 31.5 Å². The number of carbonyl (C=O) groups is 3. The van der Waals surface area contributed by atoms with E-state index < -0.39 is 77.9 Å². The highest BCUT2D eigenvalue weighted by Gasteiger charge is 2.57. The lowest BCUT2D eigenvalue weighted by Crippen LogP contribution is -2.62. The van der Waals surface area contributed by atoms with Crippen molar-refractivity contribution in [1.82, 2.24) is 0 Å². The molecule has 0 aromatic rings. The number of carbonyl (C=O) groups excluding carboxylic acids is 3. The summed E-state index contributed by atoms with van der Waals surface area (Å²) < 4.78 is 41.3. The van der Waals surface area contributed by atoms with E-state index in [0.29, 0.717) is 12.2 Å². The smallest absolute Gasteiger partial charge is 0.303 e. The summed E-state index contributed by atoms with van der Waals surface area (Å²) in [5, 5.41) is 35.2. The summed E-state index contributed by atoms with van der Waals surface area (Å²) >= 11 is 0. The Hall–Kier alpha value is -2.65. The molecule has 0 aromatic carbocycles. The Morgan fingerprint density at radius 1 is 1.04 bits per heavy atom. The summed E-state index contributed by atoms with van der Waals surface area (Å²) in [7, 11) is 1.66. The fourth-order valence-corrected chi connectivity index (χ4v) is 8.23. The van der Waals surface area contributed by atoms with Crippen LogP contribution < -0.4 is 0 Å². The van der Waals surface area contributed by atoms with E-state index in [9.17, 15) is 29.7 Å². The van der Waals surface area contributed by atoms with E-state index in [4.69, 9.17) is 33.2 Å². The van der Waals surface area contributed by atoms with Crippen LogP contribution in [-0.2, 0) is 47.5 Å². The molecule has 13 atom stereocenters. The maximum Gasteiger partial charge on any atom is 0.303 e. The molecule has 288 valence electrons. The molecule has 51 heavy (non-hydrogen) atoms. The van der Waals surface area contributed by atoms with Gasteiger partial charge in [-0.1, -0.05) is 37.1 Å². The summed E-state index contributed by atoms with van der Waals surface area (Å²) in [6.45, 7) is 17.3. The Morgan fingerprint density at radius 3 is 2.29 bits per heavy atom. The number of aliphatic hydroxyl groups is 3. The van der Waals surface area contributed by atoms with Crippen LogP contribution in [0.5, 0.6) is 0 Å². The number of aliphatic hydroxyl groups excluding tert-OH is 3. The number of methoxy groups -OCH3 is 1. The number of esters is 3. The van der Waals surface area contributed by atoms with E-state index in [1.54, 1.807) is 27.0 Å². The number of hydrogen-bond acceptors (Lipinski definition) is 13. The van der Waals surface area contributed by atoms with Gasteiger partial charge in [-0.15, -0.1) is 6.58 Å². The summed E-state index contributed by atoms with van der Waals surface area (Å²) in [6.07, 6.45) is -4.56. The molecule has 1 aliphatic heterocycles. The third kappa shape index (κ3) is 8.94. The van der Waals surface area contributed by atoms with Crippen LogP contribution in [0.2, 0.25) is 0 Å². The number of hydrogen-bond donors (Lipinski definition) is 3. The van der Waals surface area contributed by atoms with Gasteiger partial charge in [-0.25, -0.2) is 0 Å². The lowest BCUT2D eigenvalue weighted by atomic mass is 9.68. The molecule has 0 spiro atoms. The molecule has 4 aliphatic rings. The van der Waals surface area contributed by atoms with Gasteiger partial charge in [-0.05, 0) is 51.0 Å². The summed E-state index contributed by atoms with van der Waals surface area (Å²) in [4.78, 5) is 36.6. The standard InChI is InChI=1S/C38H58O13/c1-11-37(7,8)47-18-28-32(43)35(49-23(6)41)33(44)36(50-28)51-34-30-26(19(2)16-46-21(4)39)14-29(48-22(5)40)38(30,9)15-27-24(17-45-10)12-13-25(27)20(3)31(34)42/h11,15,19-20,24-25,28-29,31-36,42-44H,1,12-14,16-18H2,2-10H3. The predicted molar refractivity (Wildman–Crippen MR) is 184 cm³/mol. The zero-order valence-corrected chi connectivity index (χ0v) is 31.5. The van der Waals surface area contributed by atoms with Gasteiger partial charge in [0, 0.05) is 51.6 Å². The summed E-state index contributed by atoms with van der Waals surface area (Å²) in [5.74, 6) is -2.36. The fourth-order valence-electron chi connectivity index (χ4n) is 8.23. The average Bonchev–Trinajstić information content (AvgIpc) is 3.56. The van der Waals surface area contributed by atoms with Gasteiger partial charge in [0.25, 0.3) is 0 Å². The van der Waals surface area contributed by atoms with E-state index in [2.05, 4.69) is 12.7 Å². The van der Waals surface area contributed by atoms with Crippen LogP contribution in [0.25, 0.3) is 0 Å². The first kappa shape index (κ1) is 41.1. The van der Waals surface area contributed by atoms with Crippen LogP contribution in [-0.4, -0.2) is 115 Å². The zero-order valence-electron chi connectivity index (χ0n) is 31.5. The molecule has 3 aliphatic carbocycles. The molecule has 0 aromatic heterocycles. The van der Waals surface area contributed by atoms with Gasteiger partial charge in [-0.3, -0.25) is 14.4 Å². The molecule has 2 fully saturated rings. The van der Waals surface area contributed by atoms with Gasteiger partial charge in [0.2, 0.25) is 0 Å². The second-order valence-corrected chi connectivity index (χ2v) is 15.3. The lowest BCUT2D eigenvalue weighted by Gasteiger charge is -2.47. The minimum atomic E-state index is -1.66. The molecular formula is C38H58O13. The van der Waals surface area contributed by atoms with Gasteiger partial charge < -0.3 is 48.5 Å². The largest absolute Gasteiger partial charge is 0.465 e. The molecule has 0 bridgehead atoms. The Bertz CT molecular complexity index is 1350. The van der Waals surface area contributed by atoms with Gasteiger partial charge in [0.15, 0.2) is 12.4 Å². The molecule has 13 unspecified atom stereocenters. The third-order valence-electron chi connectivity index (χ3n) is 11.1. The van der Waals surface area contributed by atoms with Crippen molar-refractivity contribution in [2.24, 2.45) is 29.1 Å². The lowest BCUT2D eigenvalue weighted by molar-refractivity contribution is -0.320. The molecule has 13 nitrogen and oxygen atoms in total. The first-order chi connectivity index (χ1) is 23.8. The fraction of sp³-hybridized carbons (Fsp3) is 0.763. The van der Waals surface area contributed by atoms with Crippen molar-refractivity contribution in [2.75, 3.05) is 26.9 Å². The van der Waals surface area contributed by atoms with Crippen molar-refractivity contribution in [3.05, 3.63) is 35.5 Å². The highest BCUT2D eigenvalue weighted by molar-refractivity contribution is 5.67. The molecule has 1 saturated carbocycles. The minimum Gasteiger partial charge on any atom is -0.465 e. The molecular weight excluding hydrogens is 664 g/mol. The number of fused-ring (bicyclic) bond motifs is 2. The van der Waals surface area contributed by atoms with Crippen LogP contribution in [0.15, 0.2) is 35.5 Å². The average molecular weight is 723 g/mol. The molecule has 1 heterocycles. The maximum atomic E-state index is 12.6.